The average Bonchev–Trinajstić information content (AvgIpc) is 2.30. The largest absolute Gasteiger partial charge is 0.296 e. The van der Waals surface area contributed by atoms with Gasteiger partial charge in [-0.25, -0.2) is 4.39 Å². The molecule has 1 unspecified atom stereocenters. The van der Waals surface area contributed by atoms with Gasteiger partial charge in [-0.15, -0.1) is 0 Å². The Labute approximate surface area is 118 Å². The van der Waals surface area contributed by atoms with Crippen molar-refractivity contribution in [3.8, 4) is 0 Å². The molecule has 1 heterocycles. The molecule has 1 aromatic carbocycles. The maximum absolute atomic E-state index is 13.4. The van der Waals surface area contributed by atoms with Gasteiger partial charge < -0.3 is 0 Å². The topological polar surface area (TPSA) is 3.24 Å². The van der Waals surface area contributed by atoms with E-state index in [0.29, 0.717) is 6.04 Å². The fourth-order valence-electron chi connectivity index (χ4n) is 2.87. The van der Waals surface area contributed by atoms with Crippen LogP contribution in [0.1, 0.15) is 44.6 Å². The van der Waals surface area contributed by atoms with Crippen molar-refractivity contribution in [2.75, 3.05) is 6.54 Å². The van der Waals surface area contributed by atoms with Crippen LogP contribution in [0, 0.1) is 5.82 Å². The fourth-order valence-corrected chi connectivity index (χ4v) is 3.38. The quantitative estimate of drug-likeness (QED) is 0.776. The van der Waals surface area contributed by atoms with Gasteiger partial charge in [-0.05, 0) is 49.6 Å². The first-order valence-electron chi connectivity index (χ1n) is 6.88. The molecule has 1 fully saturated rings. The molecule has 3 heteroatoms. The highest BCUT2D eigenvalue weighted by Gasteiger charge is 2.21. The summed E-state index contributed by atoms with van der Waals surface area (Å²) >= 11 is 3.37. The Hall–Kier alpha value is -0.410. The zero-order chi connectivity index (χ0) is 13.0. The number of hydrogen-bond acceptors (Lipinski definition) is 1. The first kappa shape index (κ1) is 14.0. The number of hydrogen-bond donors (Lipinski definition) is 0. The normalized spacial score (nSPS) is 21.2. The molecule has 0 radical (unpaired) electrons. The molecule has 1 atom stereocenters. The van der Waals surface area contributed by atoms with E-state index in [0.717, 1.165) is 23.1 Å². The van der Waals surface area contributed by atoms with Gasteiger partial charge in [-0.2, -0.15) is 0 Å². The molecular weight excluding hydrogens is 293 g/mol. The van der Waals surface area contributed by atoms with E-state index in [9.17, 15) is 4.39 Å². The van der Waals surface area contributed by atoms with Crippen LogP contribution in [0.15, 0.2) is 22.7 Å². The van der Waals surface area contributed by atoms with Crippen molar-refractivity contribution in [1.29, 1.82) is 0 Å². The average molecular weight is 314 g/mol. The second-order valence-corrected chi connectivity index (χ2v) is 6.10. The molecule has 0 saturated carbocycles. The molecule has 100 valence electrons. The van der Waals surface area contributed by atoms with Crippen molar-refractivity contribution < 1.29 is 4.39 Å². The zero-order valence-corrected chi connectivity index (χ0v) is 12.5. The first-order valence-corrected chi connectivity index (χ1v) is 7.67. The summed E-state index contributed by atoms with van der Waals surface area (Å²) in [6.07, 6.45) is 6.40. The Bertz CT molecular complexity index is 372. The van der Waals surface area contributed by atoms with Gasteiger partial charge >= 0.3 is 0 Å². The minimum absolute atomic E-state index is 0.150. The van der Waals surface area contributed by atoms with E-state index in [1.807, 2.05) is 6.07 Å². The lowest BCUT2D eigenvalue weighted by Crippen LogP contribution is -2.38. The van der Waals surface area contributed by atoms with Crippen molar-refractivity contribution in [2.24, 2.45) is 0 Å². The van der Waals surface area contributed by atoms with Crippen LogP contribution in [0.3, 0.4) is 0 Å². The van der Waals surface area contributed by atoms with Gasteiger partial charge in [0.25, 0.3) is 0 Å². The Morgan fingerprint density at radius 2 is 2.17 bits per heavy atom. The van der Waals surface area contributed by atoms with Crippen molar-refractivity contribution in [2.45, 2.75) is 51.6 Å². The third kappa shape index (κ3) is 3.79. The van der Waals surface area contributed by atoms with Crippen LogP contribution in [0.4, 0.5) is 4.39 Å². The van der Waals surface area contributed by atoms with Crippen molar-refractivity contribution in [1.82, 2.24) is 4.90 Å². The van der Waals surface area contributed by atoms with E-state index < -0.39 is 0 Å². The third-order valence-electron chi connectivity index (χ3n) is 3.68. The molecule has 1 aliphatic rings. The van der Waals surface area contributed by atoms with Gasteiger partial charge in [0.15, 0.2) is 0 Å². The van der Waals surface area contributed by atoms with Gasteiger partial charge in [-0.3, -0.25) is 4.90 Å². The molecule has 1 aromatic rings. The number of nitrogens with zero attached hydrogens (tertiary/aromatic N) is 1. The number of halogens is 2. The summed E-state index contributed by atoms with van der Waals surface area (Å²) in [5, 5.41) is 0. The number of rotatable bonds is 4. The highest BCUT2D eigenvalue weighted by atomic mass is 79.9. The molecular formula is C15H21BrFN. The van der Waals surface area contributed by atoms with Crippen LogP contribution < -0.4 is 0 Å². The highest BCUT2D eigenvalue weighted by molar-refractivity contribution is 9.10. The summed E-state index contributed by atoms with van der Waals surface area (Å²) in [6.45, 7) is 4.27. The minimum atomic E-state index is -0.150. The molecule has 0 amide bonds. The van der Waals surface area contributed by atoms with E-state index in [4.69, 9.17) is 0 Å². The summed E-state index contributed by atoms with van der Waals surface area (Å²) in [4.78, 5) is 2.52. The van der Waals surface area contributed by atoms with E-state index in [1.54, 1.807) is 6.07 Å². The van der Waals surface area contributed by atoms with Crippen LogP contribution in [-0.2, 0) is 6.54 Å². The number of piperidine rings is 1. The summed E-state index contributed by atoms with van der Waals surface area (Å²) < 4.78 is 14.2. The van der Waals surface area contributed by atoms with Gasteiger partial charge in [0.2, 0.25) is 0 Å². The summed E-state index contributed by atoms with van der Waals surface area (Å²) in [5.74, 6) is -0.150. The molecule has 1 aliphatic heterocycles. The van der Waals surface area contributed by atoms with Crippen molar-refractivity contribution in [3.05, 3.63) is 34.1 Å². The smallest absolute Gasteiger partial charge is 0.124 e. The molecule has 18 heavy (non-hydrogen) atoms. The Morgan fingerprint density at radius 1 is 1.33 bits per heavy atom. The molecule has 1 saturated heterocycles. The van der Waals surface area contributed by atoms with E-state index in [1.165, 1.54) is 38.2 Å². The molecule has 0 spiro atoms. The van der Waals surface area contributed by atoms with Crippen LogP contribution >= 0.6 is 15.9 Å². The molecule has 2 rings (SSSR count). The van der Waals surface area contributed by atoms with Gasteiger partial charge in [0.05, 0.1) is 0 Å². The Kier molecular flexibility index (Phi) is 5.19. The molecule has 0 aromatic heterocycles. The molecule has 0 aliphatic carbocycles. The Morgan fingerprint density at radius 3 is 2.89 bits per heavy atom. The van der Waals surface area contributed by atoms with Crippen LogP contribution in [0.25, 0.3) is 0 Å². The molecule has 0 bridgehead atoms. The van der Waals surface area contributed by atoms with Gasteiger partial charge in [0, 0.05) is 17.1 Å². The fraction of sp³-hybridized carbons (Fsp3) is 0.600. The third-order valence-corrected chi connectivity index (χ3v) is 4.14. The standard InChI is InChI=1S/C15H21BrFN/c1-2-5-15-6-3-4-7-18(15)11-12-8-13(16)10-14(17)9-12/h8-10,15H,2-7,11H2,1H3. The summed E-state index contributed by atoms with van der Waals surface area (Å²) in [7, 11) is 0. The second-order valence-electron chi connectivity index (χ2n) is 5.19. The predicted molar refractivity (Wildman–Crippen MR) is 77.1 cm³/mol. The lowest BCUT2D eigenvalue weighted by atomic mass is 9.97. The first-order chi connectivity index (χ1) is 8.69. The second kappa shape index (κ2) is 6.67. The number of likely N-dealkylation sites (tertiary alicyclic amines) is 1. The van der Waals surface area contributed by atoms with Gasteiger partial charge in [0.1, 0.15) is 5.82 Å². The number of benzene rings is 1. The lowest BCUT2D eigenvalue weighted by Gasteiger charge is -2.35. The van der Waals surface area contributed by atoms with Gasteiger partial charge in [-0.1, -0.05) is 35.7 Å². The monoisotopic (exact) mass is 313 g/mol. The maximum atomic E-state index is 13.4. The van der Waals surface area contributed by atoms with Crippen molar-refractivity contribution in [3.63, 3.8) is 0 Å². The van der Waals surface area contributed by atoms with E-state index in [-0.39, 0.29) is 5.82 Å². The van der Waals surface area contributed by atoms with Crippen LogP contribution in [0.2, 0.25) is 0 Å². The zero-order valence-electron chi connectivity index (χ0n) is 11.0. The minimum Gasteiger partial charge on any atom is -0.296 e. The highest BCUT2D eigenvalue weighted by Crippen LogP contribution is 2.24. The molecule has 0 N–H and O–H groups in total. The Balaban J connectivity index is 2.05. The maximum Gasteiger partial charge on any atom is 0.124 e. The van der Waals surface area contributed by atoms with Crippen LogP contribution in [0.5, 0.6) is 0 Å². The van der Waals surface area contributed by atoms with E-state index >= 15 is 0 Å². The van der Waals surface area contributed by atoms with Crippen molar-refractivity contribution >= 4 is 15.9 Å². The summed E-state index contributed by atoms with van der Waals surface area (Å²) in [6, 6.07) is 5.89. The SMILES string of the molecule is CCCC1CCCCN1Cc1cc(F)cc(Br)c1. The van der Waals surface area contributed by atoms with Crippen LogP contribution in [-0.4, -0.2) is 17.5 Å². The molecule has 1 nitrogen and oxygen atoms in total. The predicted octanol–water partition coefficient (Wildman–Crippen LogP) is 4.74. The van der Waals surface area contributed by atoms with E-state index in [2.05, 4.69) is 27.8 Å². The lowest BCUT2D eigenvalue weighted by molar-refractivity contribution is 0.131. The summed E-state index contributed by atoms with van der Waals surface area (Å²) in [5.41, 5.74) is 1.07.